The Morgan fingerprint density at radius 2 is 1.88 bits per heavy atom. The Balaban J connectivity index is 1.40. The summed E-state index contributed by atoms with van der Waals surface area (Å²) in [6.07, 6.45) is -2.76. The minimum absolute atomic E-state index is 0.00256. The number of nitrogens with zero attached hydrogens (tertiary/aromatic N) is 2. The van der Waals surface area contributed by atoms with Crippen LogP contribution in [0.25, 0.3) is 0 Å². The molecule has 0 amide bonds. The van der Waals surface area contributed by atoms with Crippen LogP contribution in [0.1, 0.15) is 24.2 Å². The fraction of sp³-hybridized carbons (Fsp3) is 0.688. The Bertz CT molecular complexity index is 810. The second-order valence-electron chi connectivity index (χ2n) is 7.56. The SMILES string of the molecule is Cc1nc(C(F)(F)F)ccc1S(=O)(=O)N1CC2(CC(NC3COC3)C2)C1. The van der Waals surface area contributed by atoms with Crippen LogP contribution >= 0.6 is 0 Å². The highest BCUT2D eigenvalue weighted by atomic mass is 32.2. The van der Waals surface area contributed by atoms with Gasteiger partial charge in [0.15, 0.2) is 0 Å². The smallest absolute Gasteiger partial charge is 0.378 e. The minimum Gasteiger partial charge on any atom is -0.378 e. The van der Waals surface area contributed by atoms with Crippen molar-refractivity contribution in [2.24, 2.45) is 5.41 Å². The molecule has 10 heteroatoms. The largest absolute Gasteiger partial charge is 0.433 e. The summed E-state index contributed by atoms with van der Waals surface area (Å²) >= 11 is 0. The molecule has 2 saturated heterocycles. The van der Waals surface area contributed by atoms with E-state index >= 15 is 0 Å². The molecule has 2 aliphatic heterocycles. The van der Waals surface area contributed by atoms with Crippen LogP contribution in [0.4, 0.5) is 13.2 Å². The predicted octanol–water partition coefficient (Wildman–Crippen LogP) is 1.55. The normalized spacial score (nSPS) is 24.2. The first-order valence-electron chi connectivity index (χ1n) is 8.48. The first kappa shape index (κ1) is 18.1. The molecule has 0 atom stereocenters. The van der Waals surface area contributed by atoms with Gasteiger partial charge in [-0.1, -0.05) is 0 Å². The van der Waals surface area contributed by atoms with Gasteiger partial charge in [0.1, 0.15) is 10.6 Å². The molecule has 3 fully saturated rings. The predicted molar refractivity (Wildman–Crippen MR) is 85.9 cm³/mol. The molecular formula is C16H20F3N3O3S. The number of ether oxygens (including phenoxy) is 1. The van der Waals surface area contributed by atoms with Gasteiger partial charge in [-0.05, 0) is 31.9 Å². The van der Waals surface area contributed by atoms with Gasteiger partial charge in [0, 0.05) is 24.5 Å². The Hall–Kier alpha value is -1.23. The van der Waals surface area contributed by atoms with Crippen molar-refractivity contribution in [1.82, 2.24) is 14.6 Å². The zero-order chi connectivity index (χ0) is 18.7. The second kappa shape index (κ2) is 5.88. The van der Waals surface area contributed by atoms with E-state index in [0.717, 1.165) is 38.2 Å². The van der Waals surface area contributed by atoms with Gasteiger partial charge in [-0.3, -0.25) is 0 Å². The molecule has 0 unspecified atom stereocenters. The van der Waals surface area contributed by atoms with Crippen molar-refractivity contribution in [2.45, 2.75) is 42.9 Å². The molecule has 0 aromatic carbocycles. The molecular weight excluding hydrogens is 371 g/mol. The van der Waals surface area contributed by atoms with Crippen LogP contribution in [0, 0.1) is 12.3 Å². The summed E-state index contributed by atoms with van der Waals surface area (Å²) in [5, 5.41) is 3.48. The van der Waals surface area contributed by atoms with Crippen LogP contribution in [0.5, 0.6) is 0 Å². The zero-order valence-electron chi connectivity index (χ0n) is 14.2. The quantitative estimate of drug-likeness (QED) is 0.843. The summed E-state index contributed by atoms with van der Waals surface area (Å²) in [5.41, 5.74) is -1.21. The minimum atomic E-state index is -4.59. The standard InChI is InChI=1S/C16H20F3N3O3S/c1-10-13(2-3-14(20-10)16(17,18)19)26(23,24)22-8-15(9-22)4-11(5-15)21-12-6-25-7-12/h2-3,11-12,21H,4-9H2,1H3. The topological polar surface area (TPSA) is 71.5 Å². The van der Waals surface area contributed by atoms with Gasteiger partial charge in [-0.15, -0.1) is 0 Å². The van der Waals surface area contributed by atoms with Crippen molar-refractivity contribution in [2.75, 3.05) is 26.3 Å². The molecule has 0 bridgehead atoms. The highest BCUT2D eigenvalue weighted by molar-refractivity contribution is 7.89. The Kier molecular flexibility index (Phi) is 4.11. The lowest BCUT2D eigenvalue weighted by atomic mass is 9.61. The molecule has 1 saturated carbocycles. The molecule has 144 valence electrons. The molecule has 26 heavy (non-hydrogen) atoms. The second-order valence-corrected chi connectivity index (χ2v) is 9.46. The third-order valence-electron chi connectivity index (χ3n) is 5.44. The first-order chi connectivity index (χ1) is 12.1. The van der Waals surface area contributed by atoms with Gasteiger partial charge >= 0.3 is 6.18 Å². The van der Waals surface area contributed by atoms with Crippen molar-refractivity contribution >= 4 is 10.0 Å². The van der Waals surface area contributed by atoms with Gasteiger partial charge in [-0.25, -0.2) is 13.4 Å². The monoisotopic (exact) mass is 391 g/mol. The van der Waals surface area contributed by atoms with E-state index in [0.29, 0.717) is 25.2 Å². The number of hydrogen-bond donors (Lipinski definition) is 1. The van der Waals surface area contributed by atoms with Crippen LogP contribution in [0.2, 0.25) is 0 Å². The van der Waals surface area contributed by atoms with Crippen molar-refractivity contribution in [3.05, 3.63) is 23.5 Å². The highest BCUT2D eigenvalue weighted by Crippen LogP contribution is 2.50. The average Bonchev–Trinajstić information content (AvgIpc) is 2.40. The fourth-order valence-electron chi connectivity index (χ4n) is 4.02. The Morgan fingerprint density at radius 3 is 2.38 bits per heavy atom. The maximum Gasteiger partial charge on any atom is 0.433 e. The van der Waals surface area contributed by atoms with Gasteiger partial charge in [0.25, 0.3) is 0 Å². The molecule has 1 N–H and O–H groups in total. The van der Waals surface area contributed by atoms with Crippen LogP contribution in [-0.2, 0) is 20.9 Å². The lowest BCUT2D eigenvalue weighted by molar-refractivity contribution is -0.141. The van der Waals surface area contributed by atoms with E-state index < -0.39 is 21.9 Å². The third-order valence-corrected chi connectivity index (χ3v) is 7.36. The summed E-state index contributed by atoms with van der Waals surface area (Å²) in [4.78, 5) is 3.28. The van der Waals surface area contributed by atoms with E-state index in [9.17, 15) is 21.6 Å². The molecule has 3 heterocycles. The van der Waals surface area contributed by atoms with Gasteiger partial charge in [0.05, 0.1) is 24.9 Å². The van der Waals surface area contributed by atoms with E-state index in [4.69, 9.17) is 4.74 Å². The lowest BCUT2D eigenvalue weighted by Gasteiger charge is -2.59. The van der Waals surface area contributed by atoms with E-state index in [1.54, 1.807) is 0 Å². The highest BCUT2D eigenvalue weighted by Gasteiger charge is 2.56. The maximum absolute atomic E-state index is 12.7. The summed E-state index contributed by atoms with van der Waals surface area (Å²) in [7, 11) is -3.81. The van der Waals surface area contributed by atoms with Gasteiger partial charge in [-0.2, -0.15) is 17.5 Å². The zero-order valence-corrected chi connectivity index (χ0v) is 15.0. The number of pyridine rings is 1. The van der Waals surface area contributed by atoms with E-state index in [-0.39, 0.29) is 16.0 Å². The maximum atomic E-state index is 12.7. The van der Waals surface area contributed by atoms with E-state index in [1.807, 2.05) is 0 Å². The average molecular weight is 391 g/mol. The lowest BCUT2D eigenvalue weighted by Crippen LogP contribution is -2.68. The van der Waals surface area contributed by atoms with Crippen LogP contribution in [0.3, 0.4) is 0 Å². The number of rotatable bonds is 4. The number of sulfonamides is 1. The number of alkyl halides is 3. The van der Waals surface area contributed by atoms with Crippen LogP contribution in [-0.4, -0.2) is 56.1 Å². The van der Waals surface area contributed by atoms with Gasteiger partial charge < -0.3 is 10.1 Å². The molecule has 1 aromatic rings. The molecule has 4 rings (SSSR count). The number of halogens is 3. The Labute approximate surface area is 149 Å². The number of nitrogens with one attached hydrogen (secondary N) is 1. The van der Waals surface area contributed by atoms with E-state index in [2.05, 4.69) is 10.3 Å². The van der Waals surface area contributed by atoms with Gasteiger partial charge in [0.2, 0.25) is 10.0 Å². The third kappa shape index (κ3) is 3.02. The van der Waals surface area contributed by atoms with Crippen LogP contribution in [0.15, 0.2) is 17.0 Å². The van der Waals surface area contributed by atoms with E-state index in [1.165, 1.54) is 11.2 Å². The number of aryl methyl sites for hydroxylation is 1. The summed E-state index contributed by atoms with van der Waals surface area (Å²) < 4.78 is 70.0. The molecule has 1 aliphatic carbocycles. The molecule has 6 nitrogen and oxygen atoms in total. The van der Waals surface area contributed by atoms with Crippen molar-refractivity contribution in [3.63, 3.8) is 0 Å². The summed E-state index contributed by atoms with van der Waals surface area (Å²) in [6, 6.07) is 2.52. The molecule has 1 spiro atoms. The fourth-order valence-corrected chi connectivity index (χ4v) is 5.84. The molecule has 3 aliphatic rings. The molecule has 0 radical (unpaired) electrons. The van der Waals surface area contributed by atoms with Crippen molar-refractivity contribution in [3.8, 4) is 0 Å². The Morgan fingerprint density at radius 1 is 1.23 bits per heavy atom. The van der Waals surface area contributed by atoms with Crippen LogP contribution < -0.4 is 5.32 Å². The first-order valence-corrected chi connectivity index (χ1v) is 9.92. The van der Waals surface area contributed by atoms with Crippen molar-refractivity contribution in [1.29, 1.82) is 0 Å². The number of hydrogen-bond acceptors (Lipinski definition) is 5. The molecule has 1 aromatic heterocycles. The number of aromatic nitrogens is 1. The summed E-state index contributed by atoms with van der Waals surface area (Å²) in [5.74, 6) is 0. The van der Waals surface area contributed by atoms with Crippen molar-refractivity contribution < 1.29 is 26.3 Å². The summed E-state index contributed by atoms with van der Waals surface area (Å²) in [6.45, 7) is 3.57.